The highest BCUT2D eigenvalue weighted by molar-refractivity contribution is 7.14. The summed E-state index contributed by atoms with van der Waals surface area (Å²) in [6.45, 7) is 5.52. The minimum Gasteiger partial charge on any atom is -0.288 e. The molecule has 0 radical (unpaired) electrons. The lowest BCUT2D eigenvalue weighted by molar-refractivity contribution is 0.103. The van der Waals surface area contributed by atoms with E-state index in [1.165, 1.54) is 17.4 Å². The van der Waals surface area contributed by atoms with Crippen molar-refractivity contribution in [2.24, 2.45) is 0 Å². The Morgan fingerprint density at radius 2 is 1.88 bits per heavy atom. The van der Waals surface area contributed by atoms with Crippen LogP contribution in [0.5, 0.6) is 0 Å². The molecule has 1 nitrogen and oxygen atoms in total. The molecule has 0 aliphatic rings. The number of aryl methyl sites for hydroxylation is 3. The predicted molar refractivity (Wildman–Crippen MR) is 68.4 cm³/mol. The van der Waals surface area contributed by atoms with Gasteiger partial charge in [-0.1, -0.05) is 6.07 Å². The number of carbonyl (C=O) groups excluding carboxylic acids is 1. The second kappa shape index (κ2) is 4.41. The molecule has 2 rings (SSSR count). The molecule has 0 aliphatic heterocycles. The summed E-state index contributed by atoms with van der Waals surface area (Å²) >= 11 is 1.40. The highest BCUT2D eigenvalue weighted by Gasteiger charge is 2.18. The molecular weight excluding hydrogens is 235 g/mol. The van der Waals surface area contributed by atoms with Crippen LogP contribution in [0.2, 0.25) is 0 Å². The third-order valence-electron chi connectivity index (χ3n) is 2.62. The first-order valence-corrected chi connectivity index (χ1v) is 6.18. The van der Waals surface area contributed by atoms with Crippen molar-refractivity contribution in [2.45, 2.75) is 20.8 Å². The maximum absolute atomic E-state index is 13.8. The Morgan fingerprint density at radius 1 is 1.18 bits per heavy atom. The van der Waals surface area contributed by atoms with Crippen LogP contribution < -0.4 is 0 Å². The average molecular weight is 248 g/mol. The molecule has 1 heterocycles. The average Bonchev–Trinajstić information content (AvgIpc) is 2.63. The van der Waals surface area contributed by atoms with E-state index in [9.17, 15) is 9.18 Å². The molecule has 0 bridgehead atoms. The Kier molecular flexibility index (Phi) is 3.11. The summed E-state index contributed by atoms with van der Waals surface area (Å²) < 4.78 is 13.8. The molecule has 0 saturated carbocycles. The highest BCUT2D eigenvalue weighted by Crippen LogP contribution is 2.23. The maximum Gasteiger partial charge on any atom is 0.206 e. The van der Waals surface area contributed by atoms with Crippen molar-refractivity contribution in [3.8, 4) is 0 Å². The van der Waals surface area contributed by atoms with E-state index in [2.05, 4.69) is 0 Å². The number of halogens is 1. The molecule has 88 valence electrons. The fourth-order valence-electron chi connectivity index (χ4n) is 1.88. The van der Waals surface area contributed by atoms with Crippen molar-refractivity contribution in [2.75, 3.05) is 0 Å². The fourth-order valence-corrected chi connectivity index (χ4v) is 2.70. The van der Waals surface area contributed by atoms with Crippen LogP contribution in [0.3, 0.4) is 0 Å². The summed E-state index contributed by atoms with van der Waals surface area (Å²) in [5.74, 6) is -0.656. The second-order valence-electron chi connectivity index (χ2n) is 4.18. The summed E-state index contributed by atoms with van der Waals surface area (Å²) in [6.07, 6.45) is 0. The van der Waals surface area contributed by atoms with Gasteiger partial charge in [0.15, 0.2) is 0 Å². The summed E-state index contributed by atoms with van der Waals surface area (Å²) in [5.41, 5.74) is 1.72. The van der Waals surface area contributed by atoms with Crippen LogP contribution in [0.15, 0.2) is 24.3 Å². The molecule has 0 unspecified atom stereocenters. The smallest absolute Gasteiger partial charge is 0.206 e. The largest absolute Gasteiger partial charge is 0.288 e. The van der Waals surface area contributed by atoms with Crippen LogP contribution >= 0.6 is 11.3 Å². The zero-order valence-corrected chi connectivity index (χ0v) is 10.8. The molecule has 0 saturated heterocycles. The molecule has 1 aromatic carbocycles. The van der Waals surface area contributed by atoms with Crippen LogP contribution in [-0.4, -0.2) is 5.78 Å². The summed E-state index contributed by atoms with van der Waals surface area (Å²) in [7, 11) is 0. The molecule has 0 fully saturated rings. The number of carbonyl (C=O) groups is 1. The van der Waals surface area contributed by atoms with Gasteiger partial charge < -0.3 is 0 Å². The molecule has 0 amide bonds. The molecule has 2 aromatic rings. The van der Waals surface area contributed by atoms with E-state index in [0.717, 1.165) is 10.4 Å². The van der Waals surface area contributed by atoms with E-state index < -0.39 is 5.82 Å². The van der Waals surface area contributed by atoms with E-state index >= 15 is 0 Å². The van der Waals surface area contributed by atoms with Crippen molar-refractivity contribution in [1.82, 2.24) is 0 Å². The van der Waals surface area contributed by atoms with Crippen LogP contribution in [0, 0.1) is 26.6 Å². The van der Waals surface area contributed by atoms with Crippen LogP contribution in [-0.2, 0) is 0 Å². The first kappa shape index (κ1) is 12.0. The Morgan fingerprint density at radius 3 is 2.41 bits per heavy atom. The minimum atomic E-state index is -0.432. The molecule has 17 heavy (non-hydrogen) atoms. The molecular formula is C14H13FOS. The Hall–Kier alpha value is -1.48. The van der Waals surface area contributed by atoms with Crippen LogP contribution in [0.4, 0.5) is 4.39 Å². The van der Waals surface area contributed by atoms with Gasteiger partial charge in [0.25, 0.3) is 0 Å². The summed E-state index contributed by atoms with van der Waals surface area (Å²) in [6, 6.07) is 6.86. The fraction of sp³-hybridized carbons (Fsp3) is 0.214. The molecule has 1 aromatic heterocycles. The highest BCUT2D eigenvalue weighted by atomic mass is 32.1. The van der Waals surface area contributed by atoms with E-state index in [1.807, 2.05) is 26.0 Å². The maximum atomic E-state index is 13.8. The number of ketones is 1. The summed E-state index contributed by atoms with van der Waals surface area (Å²) in [5, 5.41) is 0. The number of thiophene rings is 1. The first-order valence-electron chi connectivity index (χ1n) is 5.37. The van der Waals surface area contributed by atoms with E-state index in [1.54, 1.807) is 13.0 Å². The van der Waals surface area contributed by atoms with Gasteiger partial charge >= 0.3 is 0 Å². The molecule has 0 N–H and O–H groups in total. The lowest BCUT2D eigenvalue weighted by Crippen LogP contribution is -2.05. The van der Waals surface area contributed by atoms with Gasteiger partial charge in [-0.3, -0.25) is 4.79 Å². The van der Waals surface area contributed by atoms with Crippen molar-refractivity contribution >= 4 is 17.1 Å². The number of benzene rings is 1. The van der Waals surface area contributed by atoms with E-state index in [4.69, 9.17) is 0 Å². The number of rotatable bonds is 2. The number of hydrogen-bond acceptors (Lipinski definition) is 2. The van der Waals surface area contributed by atoms with E-state index in [0.29, 0.717) is 10.4 Å². The van der Waals surface area contributed by atoms with Crippen LogP contribution in [0.1, 0.15) is 31.2 Å². The first-order chi connectivity index (χ1) is 7.99. The minimum absolute atomic E-state index is 0.192. The van der Waals surface area contributed by atoms with Crippen LogP contribution in [0.25, 0.3) is 0 Å². The van der Waals surface area contributed by atoms with Crippen molar-refractivity contribution in [1.29, 1.82) is 0 Å². The SMILES string of the molecule is Cc1cc(C)c(C(=O)c2ccc(C)s2)c(F)c1. The lowest BCUT2D eigenvalue weighted by atomic mass is 10.0. The van der Waals surface area contributed by atoms with Gasteiger partial charge in [0.05, 0.1) is 10.4 Å². The van der Waals surface area contributed by atoms with Crippen molar-refractivity contribution < 1.29 is 9.18 Å². The van der Waals surface area contributed by atoms with Gasteiger partial charge in [-0.25, -0.2) is 4.39 Å². The Labute approximate surface area is 104 Å². The van der Waals surface area contributed by atoms with Gasteiger partial charge in [0.1, 0.15) is 5.82 Å². The zero-order valence-electron chi connectivity index (χ0n) is 10.0. The van der Waals surface area contributed by atoms with Crippen molar-refractivity contribution in [3.05, 3.63) is 56.5 Å². The normalized spacial score (nSPS) is 10.6. The van der Waals surface area contributed by atoms with Gasteiger partial charge in [-0.15, -0.1) is 11.3 Å². The molecule has 0 aliphatic carbocycles. The monoisotopic (exact) mass is 248 g/mol. The van der Waals surface area contributed by atoms with Gasteiger partial charge in [-0.2, -0.15) is 0 Å². The number of hydrogen-bond donors (Lipinski definition) is 0. The standard InChI is InChI=1S/C14H13FOS/c1-8-6-9(2)13(11(15)7-8)14(16)12-5-4-10(3)17-12/h4-7H,1-3H3. The molecule has 0 atom stereocenters. The Balaban J connectivity index is 2.51. The Bertz CT molecular complexity index is 561. The third kappa shape index (κ3) is 2.29. The topological polar surface area (TPSA) is 17.1 Å². The van der Waals surface area contributed by atoms with Gasteiger partial charge in [0, 0.05) is 4.88 Å². The lowest BCUT2D eigenvalue weighted by Gasteiger charge is -2.06. The zero-order chi connectivity index (χ0) is 12.6. The third-order valence-corrected chi connectivity index (χ3v) is 3.62. The van der Waals surface area contributed by atoms with E-state index in [-0.39, 0.29) is 11.3 Å². The summed E-state index contributed by atoms with van der Waals surface area (Å²) in [4.78, 5) is 13.8. The van der Waals surface area contributed by atoms with Gasteiger partial charge in [-0.05, 0) is 50.1 Å². The second-order valence-corrected chi connectivity index (χ2v) is 5.47. The quantitative estimate of drug-likeness (QED) is 0.733. The molecule has 3 heteroatoms. The van der Waals surface area contributed by atoms with Gasteiger partial charge in [0.2, 0.25) is 5.78 Å². The predicted octanol–water partition coefficient (Wildman–Crippen LogP) is 4.04. The molecule has 0 spiro atoms. The van der Waals surface area contributed by atoms with Crippen molar-refractivity contribution in [3.63, 3.8) is 0 Å².